The van der Waals surface area contributed by atoms with E-state index in [1.54, 1.807) is 0 Å². The first-order valence-electron chi connectivity index (χ1n) is 6.40. The highest BCUT2D eigenvalue weighted by Gasteiger charge is 2.33. The molecule has 0 amide bonds. The Balaban J connectivity index is 2.08. The lowest BCUT2D eigenvalue weighted by Crippen LogP contribution is -2.40. The van der Waals surface area contributed by atoms with E-state index in [0.29, 0.717) is 12.2 Å². The van der Waals surface area contributed by atoms with Crippen molar-refractivity contribution in [1.82, 2.24) is 5.32 Å². The van der Waals surface area contributed by atoms with E-state index >= 15 is 0 Å². The van der Waals surface area contributed by atoms with Gasteiger partial charge in [-0.25, -0.2) is 0 Å². The quantitative estimate of drug-likeness (QED) is 0.866. The molecule has 1 aliphatic rings. The molecule has 1 saturated heterocycles. The summed E-state index contributed by atoms with van der Waals surface area (Å²) >= 11 is 0. The second kappa shape index (κ2) is 5.01. The van der Waals surface area contributed by atoms with Crippen molar-refractivity contribution >= 4 is 5.78 Å². The van der Waals surface area contributed by atoms with Crippen LogP contribution >= 0.6 is 0 Å². The van der Waals surface area contributed by atoms with Crippen LogP contribution < -0.4 is 5.32 Å². The van der Waals surface area contributed by atoms with Crippen molar-refractivity contribution in [3.63, 3.8) is 0 Å². The number of rotatable bonds is 3. The van der Waals surface area contributed by atoms with Gasteiger partial charge in [0.15, 0.2) is 0 Å². The fraction of sp³-hybridized carbons (Fsp3) is 0.533. The largest absolute Gasteiger partial charge is 0.317 e. The molecule has 0 atom stereocenters. The van der Waals surface area contributed by atoms with Crippen molar-refractivity contribution in [2.75, 3.05) is 13.1 Å². The number of carbonyl (C=O) groups excluding carboxylic acids is 1. The topological polar surface area (TPSA) is 29.1 Å². The van der Waals surface area contributed by atoms with E-state index in [9.17, 15) is 4.79 Å². The zero-order valence-electron chi connectivity index (χ0n) is 10.8. The minimum Gasteiger partial charge on any atom is -0.317 e. The minimum absolute atomic E-state index is 0.118. The molecule has 1 fully saturated rings. The highest BCUT2D eigenvalue weighted by atomic mass is 16.1. The van der Waals surface area contributed by atoms with Crippen LogP contribution in [0, 0.1) is 12.3 Å². The first kappa shape index (κ1) is 12.3. The SMILES string of the molecule is Cc1ccccc1CC(=O)C1(C)CCNCC1. The summed E-state index contributed by atoms with van der Waals surface area (Å²) in [6, 6.07) is 8.18. The number of hydrogen-bond donors (Lipinski definition) is 1. The van der Waals surface area contributed by atoms with E-state index in [0.717, 1.165) is 25.9 Å². The fourth-order valence-corrected chi connectivity index (χ4v) is 2.45. The van der Waals surface area contributed by atoms with E-state index < -0.39 is 0 Å². The van der Waals surface area contributed by atoms with E-state index in [4.69, 9.17) is 0 Å². The molecule has 1 aromatic rings. The van der Waals surface area contributed by atoms with Gasteiger partial charge in [-0.1, -0.05) is 31.2 Å². The van der Waals surface area contributed by atoms with Gasteiger partial charge in [0.1, 0.15) is 5.78 Å². The van der Waals surface area contributed by atoms with E-state index in [1.807, 2.05) is 12.1 Å². The summed E-state index contributed by atoms with van der Waals surface area (Å²) < 4.78 is 0. The van der Waals surface area contributed by atoms with E-state index in [-0.39, 0.29) is 5.41 Å². The van der Waals surface area contributed by atoms with Gasteiger partial charge < -0.3 is 5.32 Å². The Kier molecular flexibility index (Phi) is 3.63. The molecule has 1 aliphatic heterocycles. The summed E-state index contributed by atoms with van der Waals surface area (Å²) in [5.41, 5.74) is 2.28. The number of ketones is 1. The average Bonchev–Trinajstić information content (AvgIpc) is 2.33. The minimum atomic E-state index is -0.118. The van der Waals surface area contributed by atoms with Crippen LogP contribution in [0.4, 0.5) is 0 Å². The highest BCUT2D eigenvalue weighted by Crippen LogP contribution is 2.30. The van der Waals surface area contributed by atoms with Crippen molar-refractivity contribution in [3.05, 3.63) is 35.4 Å². The summed E-state index contributed by atoms with van der Waals surface area (Å²) in [4.78, 5) is 12.4. The van der Waals surface area contributed by atoms with Crippen LogP contribution in [0.3, 0.4) is 0 Å². The number of benzene rings is 1. The van der Waals surface area contributed by atoms with Gasteiger partial charge in [0.2, 0.25) is 0 Å². The molecule has 17 heavy (non-hydrogen) atoms. The van der Waals surface area contributed by atoms with Crippen LogP contribution in [0.25, 0.3) is 0 Å². The lowest BCUT2D eigenvalue weighted by Gasteiger charge is -2.32. The van der Waals surface area contributed by atoms with Gasteiger partial charge in [-0.05, 0) is 44.0 Å². The summed E-state index contributed by atoms with van der Waals surface area (Å²) in [7, 11) is 0. The van der Waals surface area contributed by atoms with E-state index in [2.05, 4.69) is 31.3 Å². The Morgan fingerprint density at radius 3 is 2.59 bits per heavy atom. The van der Waals surface area contributed by atoms with Gasteiger partial charge >= 0.3 is 0 Å². The number of nitrogens with one attached hydrogen (secondary N) is 1. The summed E-state index contributed by atoms with van der Waals surface area (Å²) in [6.07, 6.45) is 2.53. The van der Waals surface area contributed by atoms with Crippen molar-refractivity contribution < 1.29 is 4.79 Å². The Hall–Kier alpha value is -1.15. The lowest BCUT2D eigenvalue weighted by atomic mass is 9.75. The molecular formula is C15H21NO. The number of aryl methyl sites for hydroxylation is 1. The molecule has 0 saturated carbocycles. The number of Topliss-reactive ketones (excluding diaryl/α,β-unsaturated/α-hetero) is 1. The van der Waals surface area contributed by atoms with Crippen LogP contribution in [0.1, 0.15) is 30.9 Å². The Morgan fingerprint density at radius 1 is 1.29 bits per heavy atom. The number of hydrogen-bond acceptors (Lipinski definition) is 2. The maximum Gasteiger partial charge on any atom is 0.143 e. The molecule has 0 bridgehead atoms. The van der Waals surface area contributed by atoms with Gasteiger partial charge in [0, 0.05) is 11.8 Å². The zero-order chi connectivity index (χ0) is 12.3. The molecule has 92 valence electrons. The van der Waals surface area contributed by atoms with Gasteiger partial charge in [-0.2, -0.15) is 0 Å². The third-order valence-corrected chi connectivity index (χ3v) is 3.99. The second-order valence-corrected chi connectivity index (χ2v) is 5.34. The predicted molar refractivity (Wildman–Crippen MR) is 70.1 cm³/mol. The van der Waals surface area contributed by atoms with Crippen molar-refractivity contribution in [1.29, 1.82) is 0 Å². The lowest BCUT2D eigenvalue weighted by molar-refractivity contribution is -0.128. The number of carbonyl (C=O) groups is 1. The van der Waals surface area contributed by atoms with Crippen molar-refractivity contribution in [3.8, 4) is 0 Å². The predicted octanol–water partition coefficient (Wildman–Crippen LogP) is 2.50. The van der Waals surface area contributed by atoms with Gasteiger partial charge in [-0.3, -0.25) is 4.79 Å². The highest BCUT2D eigenvalue weighted by molar-refractivity contribution is 5.86. The van der Waals surface area contributed by atoms with Crippen LogP contribution in [-0.4, -0.2) is 18.9 Å². The molecule has 0 aliphatic carbocycles. The van der Waals surface area contributed by atoms with Gasteiger partial charge in [-0.15, -0.1) is 0 Å². The maximum absolute atomic E-state index is 12.4. The van der Waals surface area contributed by atoms with Crippen LogP contribution in [0.5, 0.6) is 0 Å². The van der Waals surface area contributed by atoms with E-state index in [1.165, 1.54) is 11.1 Å². The summed E-state index contributed by atoms with van der Waals surface area (Å²) in [6.45, 7) is 6.13. The molecule has 2 rings (SSSR count). The first-order valence-corrected chi connectivity index (χ1v) is 6.40. The second-order valence-electron chi connectivity index (χ2n) is 5.34. The number of piperidine rings is 1. The smallest absolute Gasteiger partial charge is 0.143 e. The molecule has 0 radical (unpaired) electrons. The Labute approximate surface area is 103 Å². The molecule has 1 aromatic carbocycles. The zero-order valence-corrected chi connectivity index (χ0v) is 10.8. The Bertz CT molecular complexity index is 405. The maximum atomic E-state index is 12.4. The molecule has 1 N–H and O–H groups in total. The first-order chi connectivity index (χ1) is 8.12. The molecular weight excluding hydrogens is 210 g/mol. The monoisotopic (exact) mass is 231 g/mol. The van der Waals surface area contributed by atoms with Crippen molar-refractivity contribution in [2.45, 2.75) is 33.1 Å². The average molecular weight is 231 g/mol. The van der Waals surface area contributed by atoms with Crippen LogP contribution in [-0.2, 0) is 11.2 Å². The fourth-order valence-electron chi connectivity index (χ4n) is 2.45. The normalized spacial score (nSPS) is 18.9. The van der Waals surface area contributed by atoms with Crippen LogP contribution in [0.15, 0.2) is 24.3 Å². The third-order valence-electron chi connectivity index (χ3n) is 3.99. The molecule has 1 heterocycles. The van der Waals surface area contributed by atoms with Gasteiger partial charge in [0.25, 0.3) is 0 Å². The summed E-state index contributed by atoms with van der Waals surface area (Å²) in [5, 5.41) is 3.32. The molecule has 0 unspecified atom stereocenters. The summed E-state index contributed by atoms with van der Waals surface area (Å²) in [5.74, 6) is 0.397. The standard InChI is InChI=1S/C15H21NO/c1-12-5-3-4-6-13(12)11-14(17)15(2)7-9-16-10-8-15/h3-6,16H,7-11H2,1-2H3. The van der Waals surface area contributed by atoms with Crippen LogP contribution in [0.2, 0.25) is 0 Å². The van der Waals surface area contributed by atoms with Gasteiger partial charge in [0.05, 0.1) is 0 Å². The van der Waals surface area contributed by atoms with Crippen molar-refractivity contribution in [2.24, 2.45) is 5.41 Å². The Morgan fingerprint density at radius 2 is 1.94 bits per heavy atom. The molecule has 0 aromatic heterocycles. The third kappa shape index (κ3) is 2.75. The molecule has 0 spiro atoms. The molecule has 2 nitrogen and oxygen atoms in total. The molecule has 2 heteroatoms.